The average Bonchev–Trinajstić information content (AvgIpc) is 2.99. The summed E-state index contributed by atoms with van der Waals surface area (Å²) in [5, 5.41) is -0.431. The number of rotatable bonds is 5. The highest BCUT2D eigenvalue weighted by Crippen LogP contribution is 2.35. The first-order valence-corrected chi connectivity index (χ1v) is 11.8. The molecule has 0 fully saturated rings. The lowest BCUT2D eigenvalue weighted by atomic mass is 10.2. The van der Waals surface area contributed by atoms with Gasteiger partial charge in [0.15, 0.2) is 5.03 Å². The van der Waals surface area contributed by atoms with Gasteiger partial charge in [0, 0.05) is 0 Å². The summed E-state index contributed by atoms with van der Waals surface area (Å²) in [6, 6.07) is 14.8. The van der Waals surface area contributed by atoms with Gasteiger partial charge in [-0.2, -0.15) is 0 Å². The van der Waals surface area contributed by atoms with Crippen LogP contribution in [0.5, 0.6) is 0 Å². The van der Waals surface area contributed by atoms with Crippen LogP contribution < -0.4 is 0 Å². The number of aryl methyl sites for hydroxylation is 1. The van der Waals surface area contributed by atoms with E-state index in [9.17, 15) is 16.8 Å². The predicted molar refractivity (Wildman–Crippen MR) is 101 cm³/mol. The minimum absolute atomic E-state index is 0.0160. The smallest absolute Gasteiger partial charge is 0.221 e. The molecule has 3 aromatic rings. The molecule has 0 unspecified atom stereocenters. The van der Waals surface area contributed by atoms with Crippen molar-refractivity contribution >= 4 is 42.6 Å². The SMILES string of the molecule is Cc1ccc(S(=O)(=O)c2nc(S(=O)(=O)Cc3ccccc3)sc2Cl)cc1. The van der Waals surface area contributed by atoms with Crippen LogP contribution in [0.2, 0.25) is 4.34 Å². The van der Waals surface area contributed by atoms with Crippen molar-refractivity contribution in [3.05, 3.63) is 70.1 Å². The Morgan fingerprint density at radius 1 is 0.962 bits per heavy atom. The van der Waals surface area contributed by atoms with Gasteiger partial charge in [0.1, 0.15) is 4.34 Å². The number of nitrogens with zero attached hydrogens (tertiary/aromatic N) is 1. The van der Waals surface area contributed by atoms with E-state index in [0.717, 1.165) is 5.56 Å². The molecule has 1 aromatic heterocycles. The molecule has 5 nitrogen and oxygen atoms in total. The molecule has 0 saturated carbocycles. The Labute approximate surface area is 161 Å². The standard InChI is InChI=1S/C17H14ClNO4S3/c1-12-7-9-14(10-8-12)26(22,23)16-15(18)24-17(19-16)25(20,21)11-13-5-3-2-4-6-13/h2-10H,11H2,1H3. The van der Waals surface area contributed by atoms with Crippen LogP contribution in [0.1, 0.15) is 11.1 Å². The summed E-state index contributed by atoms with van der Waals surface area (Å²) in [7, 11) is -7.80. The first kappa shape index (κ1) is 19.0. The van der Waals surface area contributed by atoms with Crippen molar-refractivity contribution in [1.29, 1.82) is 0 Å². The van der Waals surface area contributed by atoms with E-state index in [1.807, 2.05) is 6.92 Å². The highest BCUT2D eigenvalue weighted by molar-refractivity contribution is 7.93. The van der Waals surface area contributed by atoms with E-state index >= 15 is 0 Å². The predicted octanol–water partition coefficient (Wildman–Crippen LogP) is 3.91. The molecule has 0 aliphatic rings. The fraction of sp³-hybridized carbons (Fsp3) is 0.118. The highest BCUT2D eigenvalue weighted by atomic mass is 35.5. The Morgan fingerprint density at radius 2 is 1.58 bits per heavy atom. The Balaban J connectivity index is 2.00. The van der Waals surface area contributed by atoms with Gasteiger partial charge in [-0.05, 0) is 24.6 Å². The molecule has 0 aliphatic heterocycles. The van der Waals surface area contributed by atoms with Crippen molar-refractivity contribution < 1.29 is 16.8 Å². The lowest BCUT2D eigenvalue weighted by molar-refractivity contribution is 0.589. The average molecular weight is 428 g/mol. The lowest BCUT2D eigenvalue weighted by Gasteiger charge is -2.03. The largest absolute Gasteiger partial charge is 0.226 e. The first-order chi connectivity index (χ1) is 12.2. The number of hydrogen-bond acceptors (Lipinski definition) is 6. The van der Waals surface area contributed by atoms with Crippen molar-refractivity contribution in [1.82, 2.24) is 4.98 Å². The van der Waals surface area contributed by atoms with Gasteiger partial charge in [0.25, 0.3) is 0 Å². The third-order valence-electron chi connectivity index (χ3n) is 3.59. The molecule has 0 radical (unpaired) electrons. The van der Waals surface area contributed by atoms with Crippen LogP contribution in [0.4, 0.5) is 0 Å². The van der Waals surface area contributed by atoms with Gasteiger partial charge in [-0.25, -0.2) is 21.8 Å². The van der Waals surface area contributed by atoms with E-state index in [0.29, 0.717) is 16.9 Å². The Kier molecular flexibility index (Phi) is 5.21. The molecule has 136 valence electrons. The number of thiazole rings is 1. The molecule has 9 heteroatoms. The van der Waals surface area contributed by atoms with Crippen molar-refractivity contribution in [3.63, 3.8) is 0 Å². The van der Waals surface area contributed by atoms with Crippen LogP contribution in [-0.4, -0.2) is 21.8 Å². The molecule has 3 rings (SSSR count). The molecule has 0 saturated heterocycles. The summed E-state index contributed by atoms with van der Waals surface area (Å²) in [4.78, 5) is 3.87. The van der Waals surface area contributed by atoms with Crippen LogP contribution in [0, 0.1) is 6.92 Å². The fourth-order valence-corrected chi connectivity index (χ4v) is 7.01. The second-order valence-corrected chi connectivity index (χ2v) is 11.2. The highest BCUT2D eigenvalue weighted by Gasteiger charge is 2.29. The number of halogens is 1. The van der Waals surface area contributed by atoms with Gasteiger partial charge in [0.2, 0.25) is 24.0 Å². The molecule has 0 atom stereocenters. The molecule has 0 aliphatic carbocycles. The van der Waals surface area contributed by atoms with E-state index in [1.165, 1.54) is 12.1 Å². The van der Waals surface area contributed by atoms with E-state index in [2.05, 4.69) is 4.98 Å². The van der Waals surface area contributed by atoms with Gasteiger partial charge >= 0.3 is 0 Å². The first-order valence-electron chi connectivity index (χ1n) is 7.45. The van der Waals surface area contributed by atoms with Crippen LogP contribution >= 0.6 is 22.9 Å². The van der Waals surface area contributed by atoms with Gasteiger partial charge in [-0.15, -0.1) is 0 Å². The molecular weight excluding hydrogens is 414 g/mol. The maximum absolute atomic E-state index is 12.7. The minimum atomic E-state index is -4.00. The number of aromatic nitrogens is 1. The minimum Gasteiger partial charge on any atom is -0.221 e. The Morgan fingerprint density at radius 3 is 2.19 bits per heavy atom. The van der Waals surface area contributed by atoms with Crippen molar-refractivity contribution in [3.8, 4) is 0 Å². The molecule has 0 spiro atoms. The molecule has 0 N–H and O–H groups in total. The van der Waals surface area contributed by atoms with Gasteiger partial charge in [-0.3, -0.25) is 0 Å². The molecule has 26 heavy (non-hydrogen) atoms. The fourth-order valence-electron chi connectivity index (χ4n) is 2.25. The zero-order chi connectivity index (χ0) is 18.9. The van der Waals surface area contributed by atoms with E-state index in [4.69, 9.17) is 11.6 Å². The molecule has 1 heterocycles. The second kappa shape index (κ2) is 7.11. The summed E-state index contributed by atoms with van der Waals surface area (Å²) in [6.45, 7) is 1.83. The van der Waals surface area contributed by atoms with Crippen molar-refractivity contribution in [2.75, 3.05) is 0 Å². The van der Waals surface area contributed by atoms with E-state index < -0.39 is 24.7 Å². The summed E-state index contributed by atoms with van der Waals surface area (Å²) in [5.41, 5.74) is 1.49. The van der Waals surface area contributed by atoms with Gasteiger partial charge < -0.3 is 0 Å². The molecule has 2 aromatic carbocycles. The van der Waals surface area contributed by atoms with Crippen molar-refractivity contribution in [2.45, 2.75) is 26.9 Å². The maximum Gasteiger partial charge on any atom is 0.226 e. The van der Waals surface area contributed by atoms with Gasteiger partial charge in [-0.1, -0.05) is 71.0 Å². The summed E-state index contributed by atoms with van der Waals surface area (Å²) in [5.74, 6) is -0.276. The van der Waals surface area contributed by atoms with Crippen molar-refractivity contribution in [2.24, 2.45) is 0 Å². The number of hydrogen-bond donors (Lipinski definition) is 0. The summed E-state index contributed by atoms with van der Waals surface area (Å²) >= 11 is 6.68. The monoisotopic (exact) mass is 427 g/mol. The number of sulfone groups is 2. The van der Waals surface area contributed by atoms with Crippen LogP contribution in [-0.2, 0) is 25.4 Å². The number of benzene rings is 2. The molecular formula is C17H14ClNO4S3. The van der Waals surface area contributed by atoms with E-state index in [-0.39, 0.29) is 19.3 Å². The zero-order valence-electron chi connectivity index (χ0n) is 13.6. The Bertz CT molecular complexity index is 1140. The van der Waals surface area contributed by atoms with Crippen LogP contribution in [0.25, 0.3) is 0 Å². The maximum atomic E-state index is 12.7. The topological polar surface area (TPSA) is 81.2 Å². The third kappa shape index (κ3) is 3.83. The Hall–Kier alpha value is -1.74. The quantitative estimate of drug-likeness (QED) is 0.616. The summed E-state index contributed by atoms with van der Waals surface area (Å²) in [6.07, 6.45) is 0. The normalized spacial score (nSPS) is 12.2. The second-order valence-electron chi connectivity index (χ2n) is 5.62. The van der Waals surface area contributed by atoms with Crippen LogP contribution in [0.3, 0.4) is 0 Å². The van der Waals surface area contributed by atoms with E-state index in [1.54, 1.807) is 42.5 Å². The molecule has 0 amide bonds. The lowest BCUT2D eigenvalue weighted by Crippen LogP contribution is -2.07. The van der Waals surface area contributed by atoms with Gasteiger partial charge in [0.05, 0.1) is 10.6 Å². The van der Waals surface area contributed by atoms with Crippen LogP contribution in [0.15, 0.2) is 68.9 Å². The summed E-state index contributed by atoms with van der Waals surface area (Å²) < 4.78 is 50.1. The zero-order valence-corrected chi connectivity index (χ0v) is 16.8. The third-order valence-corrected chi connectivity index (χ3v) is 8.93. The molecule has 0 bridgehead atoms.